The Balaban J connectivity index is 1.46. The summed E-state index contributed by atoms with van der Waals surface area (Å²) in [4.78, 5) is 8.26. The second-order valence-corrected chi connectivity index (χ2v) is 8.14. The summed E-state index contributed by atoms with van der Waals surface area (Å²) in [5, 5.41) is 2.09. The van der Waals surface area contributed by atoms with Gasteiger partial charge in [0.15, 0.2) is 0 Å². The lowest BCUT2D eigenvalue weighted by molar-refractivity contribution is -0.0412. The van der Waals surface area contributed by atoms with Crippen molar-refractivity contribution in [3.8, 4) is 9.75 Å². The van der Waals surface area contributed by atoms with E-state index in [1.165, 1.54) is 9.75 Å². The van der Waals surface area contributed by atoms with E-state index in [-0.39, 0.29) is 6.10 Å². The first kappa shape index (κ1) is 21.6. The molecule has 3 rings (SSSR count). The first-order chi connectivity index (χ1) is 13.9. The fourth-order valence-corrected chi connectivity index (χ4v) is 4.27. The predicted octanol–water partition coefficient (Wildman–Crippen LogP) is 3.36. The lowest BCUT2D eigenvalue weighted by atomic mass is 10.3. The van der Waals surface area contributed by atoms with Crippen LogP contribution in [0.15, 0.2) is 34.6 Å². The zero-order valence-corrected chi connectivity index (χ0v) is 17.6. The van der Waals surface area contributed by atoms with Crippen molar-refractivity contribution in [1.82, 2.24) is 0 Å². The minimum atomic E-state index is -0.0991. The zero-order chi connectivity index (χ0) is 19.3. The molecule has 8 heteroatoms. The Kier molecular flexibility index (Phi) is 10.1. The van der Waals surface area contributed by atoms with Crippen LogP contribution < -0.4 is 0 Å². The summed E-state index contributed by atoms with van der Waals surface area (Å²) >= 11 is 3.49. The largest absolute Gasteiger partial charge is 0.377 e. The van der Waals surface area contributed by atoms with Crippen LogP contribution in [0.4, 0.5) is 0 Å². The number of rotatable bonds is 4. The van der Waals surface area contributed by atoms with Crippen LogP contribution >= 0.6 is 22.7 Å². The fraction of sp³-hybridized carbons (Fsp3) is 0.550. The first-order valence-electron chi connectivity index (χ1n) is 9.48. The fourth-order valence-electron chi connectivity index (χ4n) is 2.54. The van der Waals surface area contributed by atoms with Gasteiger partial charge in [-0.05, 0) is 23.6 Å². The van der Waals surface area contributed by atoms with Crippen molar-refractivity contribution in [1.29, 1.82) is 0 Å². The normalized spacial score (nSPS) is 21.4. The summed E-state index contributed by atoms with van der Waals surface area (Å²) < 4.78 is 27.9. The molecule has 0 aliphatic carbocycles. The van der Waals surface area contributed by atoms with E-state index in [9.17, 15) is 0 Å². The van der Waals surface area contributed by atoms with Gasteiger partial charge < -0.3 is 23.7 Å². The Morgan fingerprint density at radius 1 is 0.857 bits per heavy atom. The summed E-state index contributed by atoms with van der Waals surface area (Å²) in [6.45, 7) is 5.46. The van der Waals surface area contributed by atoms with Gasteiger partial charge in [0.2, 0.25) is 0 Å². The Labute approximate surface area is 174 Å². The Bertz CT molecular complexity index is 658. The molecule has 1 unspecified atom stereocenters. The summed E-state index contributed by atoms with van der Waals surface area (Å²) in [6, 6.07) is 8.45. The quantitative estimate of drug-likeness (QED) is 0.703. The van der Waals surface area contributed by atoms with E-state index in [0.29, 0.717) is 66.0 Å². The molecule has 0 spiro atoms. The van der Waals surface area contributed by atoms with Crippen molar-refractivity contribution in [2.75, 3.05) is 66.0 Å². The minimum Gasteiger partial charge on any atom is -0.377 e. The zero-order valence-electron chi connectivity index (χ0n) is 15.9. The number of ether oxygens (including phenoxy) is 5. The molecule has 0 radical (unpaired) electrons. The van der Waals surface area contributed by atoms with Crippen molar-refractivity contribution in [2.24, 2.45) is 4.99 Å². The number of thiophene rings is 2. The van der Waals surface area contributed by atoms with Crippen LogP contribution in [-0.4, -0.2) is 78.3 Å². The highest BCUT2D eigenvalue weighted by atomic mass is 32.1. The SMILES string of the molecule is C(=NCC1COCCOCCOCCOCCO1)c1ccc(-c2cccs2)s1. The van der Waals surface area contributed by atoms with E-state index in [0.717, 1.165) is 4.88 Å². The Hall–Kier alpha value is -1.13. The minimum absolute atomic E-state index is 0.0991. The lowest BCUT2D eigenvalue weighted by Gasteiger charge is -2.16. The summed E-state index contributed by atoms with van der Waals surface area (Å²) in [7, 11) is 0. The summed E-state index contributed by atoms with van der Waals surface area (Å²) in [5.74, 6) is 0. The molecule has 1 aliphatic heterocycles. The molecule has 1 aliphatic rings. The molecule has 6 nitrogen and oxygen atoms in total. The third-order valence-corrected chi connectivity index (χ3v) is 6.00. The van der Waals surface area contributed by atoms with E-state index < -0.39 is 0 Å². The molecule has 2 aromatic rings. The van der Waals surface area contributed by atoms with Crippen LogP contribution in [0.5, 0.6) is 0 Å². The highest BCUT2D eigenvalue weighted by Gasteiger charge is 2.09. The van der Waals surface area contributed by atoms with Gasteiger partial charge in [0.25, 0.3) is 0 Å². The molecule has 0 bridgehead atoms. The maximum atomic E-state index is 5.88. The van der Waals surface area contributed by atoms with Gasteiger partial charge in [0.1, 0.15) is 6.10 Å². The van der Waals surface area contributed by atoms with Crippen LogP contribution in [0.2, 0.25) is 0 Å². The van der Waals surface area contributed by atoms with E-state index in [4.69, 9.17) is 23.7 Å². The smallest absolute Gasteiger partial charge is 0.100 e. The third kappa shape index (κ3) is 8.08. The van der Waals surface area contributed by atoms with E-state index in [1.54, 1.807) is 22.7 Å². The van der Waals surface area contributed by atoms with Crippen LogP contribution in [-0.2, 0) is 23.7 Å². The van der Waals surface area contributed by atoms with Gasteiger partial charge in [-0.3, -0.25) is 4.99 Å². The number of nitrogens with zero attached hydrogens (tertiary/aromatic N) is 1. The van der Waals surface area contributed by atoms with E-state index in [1.807, 2.05) is 6.21 Å². The van der Waals surface area contributed by atoms with Crippen LogP contribution in [0.1, 0.15) is 4.88 Å². The monoisotopic (exact) mass is 425 g/mol. The molecule has 1 fully saturated rings. The second-order valence-electron chi connectivity index (χ2n) is 6.08. The maximum absolute atomic E-state index is 5.88. The maximum Gasteiger partial charge on any atom is 0.100 e. The van der Waals surface area contributed by atoms with Gasteiger partial charge >= 0.3 is 0 Å². The molecular formula is C20H27NO5S2. The summed E-state index contributed by atoms with van der Waals surface area (Å²) in [5.41, 5.74) is 0. The lowest BCUT2D eigenvalue weighted by Crippen LogP contribution is -2.26. The van der Waals surface area contributed by atoms with Crippen molar-refractivity contribution < 1.29 is 23.7 Å². The van der Waals surface area contributed by atoms with E-state index >= 15 is 0 Å². The molecule has 154 valence electrons. The van der Waals surface area contributed by atoms with Gasteiger partial charge in [0.05, 0.1) is 66.0 Å². The highest BCUT2D eigenvalue weighted by molar-refractivity contribution is 7.22. The van der Waals surface area contributed by atoms with Gasteiger partial charge in [-0.2, -0.15) is 0 Å². The third-order valence-electron chi connectivity index (χ3n) is 3.92. The Morgan fingerprint density at radius 2 is 1.57 bits per heavy atom. The van der Waals surface area contributed by atoms with Gasteiger partial charge in [-0.15, -0.1) is 22.7 Å². The number of aliphatic imine (C=N–C) groups is 1. The highest BCUT2D eigenvalue weighted by Crippen LogP contribution is 2.30. The van der Waals surface area contributed by atoms with Gasteiger partial charge in [0, 0.05) is 20.8 Å². The first-order valence-corrected chi connectivity index (χ1v) is 11.2. The van der Waals surface area contributed by atoms with E-state index in [2.05, 4.69) is 34.6 Å². The molecule has 3 heterocycles. The molecule has 0 amide bonds. The van der Waals surface area contributed by atoms with Crippen molar-refractivity contribution >= 4 is 28.9 Å². The standard InChI is InChI=1S/C20H27NO5S2/c1-2-19(27-13-1)20-4-3-18(28-20)15-21-14-17-16-25-10-9-23-6-5-22-7-8-24-11-12-26-17/h1-4,13,15,17H,5-12,14,16H2. The molecule has 0 N–H and O–H groups in total. The topological polar surface area (TPSA) is 58.5 Å². The average molecular weight is 426 g/mol. The molecular weight excluding hydrogens is 398 g/mol. The molecule has 0 aromatic carbocycles. The second kappa shape index (κ2) is 13.2. The number of hydrogen-bond acceptors (Lipinski definition) is 8. The molecule has 1 atom stereocenters. The predicted molar refractivity (Wildman–Crippen MR) is 113 cm³/mol. The van der Waals surface area contributed by atoms with Crippen molar-refractivity contribution in [3.05, 3.63) is 34.5 Å². The Morgan fingerprint density at radius 3 is 2.29 bits per heavy atom. The van der Waals surface area contributed by atoms with Crippen LogP contribution in [0.25, 0.3) is 9.75 Å². The van der Waals surface area contributed by atoms with Crippen molar-refractivity contribution in [2.45, 2.75) is 6.10 Å². The van der Waals surface area contributed by atoms with Crippen LogP contribution in [0, 0.1) is 0 Å². The number of hydrogen-bond donors (Lipinski definition) is 0. The summed E-state index contributed by atoms with van der Waals surface area (Å²) in [6.07, 6.45) is 1.82. The average Bonchev–Trinajstić information content (AvgIpc) is 3.38. The molecule has 2 aromatic heterocycles. The van der Waals surface area contributed by atoms with Crippen LogP contribution in [0.3, 0.4) is 0 Å². The molecule has 28 heavy (non-hydrogen) atoms. The van der Waals surface area contributed by atoms with Crippen molar-refractivity contribution in [3.63, 3.8) is 0 Å². The van der Waals surface area contributed by atoms with Gasteiger partial charge in [-0.1, -0.05) is 6.07 Å². The molecule has 0 saturated carbocycles. The van der Waals surface area contributed by atoms with Gasteiger partial charge in [-0.25, -0.2) is 0 Å². The molecule has 1 saturated heterocycles.